The molecule has 0 aromatic carbocycles. The van der Waals surface area contributed by atoms with Gasteiger partial charge >= 0.3 is 0 Å². The minimum Gasteiger partial charge on any atom is -0.394 e. The first-order valence-electron chi connectivity index (χ1n) is 8.40. The number of hydrogen-bond acceptors (Lipinski definition) is 4. The molecule has 0 aromatic rings. The lowest BCUT2D eigenvalue weighted by atomic mass is 9.98. The largest absolute Gasteiger partial charge is 0.394 e. The van der Waals surface area contributed by atoms with Crippen LogP contribution in [0, 0.1) is 0 Å². The van der Waals surface area contributed by atoms with Crippen molar-refractivity contribution in [2.75, 3.05) is 45.9 Å². The second-order valence-electron chi connectivity index (χ2n) is 6.36. The summed E-state index contributed by atoms with van der Waals surface area (Å²) in [5, 5.41) is 13.1. The van der Waals surface area contributed by atoms with Crippen LogP contribution in [-0.2, 0) is 0 Å². The Bertz CT molecular complexity index is 258. The Labute approximate surface area is 125 Å². The van der Waals surface area contributed by atoms with Crippen LogP contribution in [-0.4, -0.2) is 72.4 Å². The van der Waals surface area contributed by atoms with E-state index in [9.17, 15) is 5.11 Å². The maximum Gasteiger partial charge on any atom is 0.0611 e. The number of aliphatic hydroxyl groups excluding tert-OH is 1. The Morgan fingerprint density at radius 1 is 1.30 bits per heavy atom. The quantitative estimate of drug-likeness (QED) is 0.639. The molecule has 1 fully saturated rings. The molecule has 0 amide bonds. The van der Waals surface area contributed by atoms with E-state index in [0.717, 1.165) is 45.1 Å². The van der Waals surface area contributed by atoms with Gasteiger partial charge in [0.15, 0.2) is 0 Å². The smallest absolute Gasteiger partial charge is 0.0611 e. The van der Waals surface area contributed by atoms with E-state index < -0.39 is 0 Å². The fourth-order valence-corrected chi connectivity index (χ4v) is 3.11. The molecule has 120 valence electrons. The van der Waals surface area contributed by atoms with Crippen LogP contribution in [0.5, 0.6) is 0 Å². The predicted octanol–water partition coefficient (Wildman–Crippen LogP) is 1.54. The van der Waals surface area contributed by atoms with E-state index >= 15 is 0 Å². The number of likely N-dealkylation sites (N-methyl/N-ethyl adjacent to an activating group) is 1. The highest BCUT2D eigenvalue weighted by Crippen LogP contribution is 2.18. The number of rotatable bonds is 10. The molecule has 1 rings (SSSR count). The Balaban J connectivity index is 2.35. The van der Waals surface area contributed by atoms with Gasteiger partial charge in [-0.15, -0.1) is 0 Å². The molecule has 4 nitrogen and oxygen atoms in total. The summed E-state index contributed by atoms with van der Waals surface area (Å²) in [6.07, 6.45) is 3.43. The minimum atomic E-state index is -0.122. The lowest BCUT2D eigenvalue weighted by Gasteiger charge is -2.31. The Hall–Kier alpha value is -0.160. The maximum atomic E-state index is 9.61. The maximum absolute atomic E-state index is 9.61. The predicted molar refractivity (Wildman–Crippen MR) is 86.2 cm³/mol. The first-order chi connectivity index (χ1) is 9.58. The summed E-state index contributed by atoms with van der Waals surface area (Å²) < 4.78 is 0. The highest BCUT2D eigenvalue weighted by atomic mass is 16.3. The molecular formula is C16H35N3O. The van der Waals surface area contributed by atoms with E-state index in [-0.39, 0.29) is 12.1 Å². The van der Waals surface area contributed by atoms with Crippen LogP contribution in [0.4, 0.5) is 0 Å². The zero-order valence-corrected chi connectivity index (χ0v) is 14.0. The van der Waals surface area contributed by atoms with Gasteiger partial charge in [-0.2, -0.15) is 0 Å². The van der Waals surface area contributed by atoms with Crippen LogP contribution in [0.15, 0.2) is 0 Å². The van der Waals surface area contributed by atoms with Gasteiger partial charge in [-0.3, -0.25) is 4.90 Å². The van der Waals surface area contributed by atoms with Crippen molar-refractivity contribution < 1.29 is 5.11 Å². The number of aliphatic hydroxyl groups is 1. The SMILES string of the molecule is CCCNC(C)(CO)CCN1CCC(N(CC)CC)C1. The van der Waals surface area contributed by atoms with Crippen molar-refractivity contribution in [2.24, 2.45) is 0 Å². The zero-order chi connectivity index (χ0) is 15.0. The van der Waals surface area contributed by atoms with Gasteiger partial charge < -0.3 is 15.3 Å². The van der Waals surface area contributed by atoms with Gasteiger partial charge in [-0.25, -0.2) is 0 Å². The Morgan fingerprint density at radius 3 is 2.55 bits per heavy atom. The summed E-state index contributed by atoms with van der Waals surface area (Å²) in [5.41, 5.74) is -0.122. The van der Waals surface area contributed by atoms with E-state index in [1.807, 2.05) is 0 Å². The fourth-order valence-electron chi connectivity index (χ4n) is 3.11. The van der Waals surface area contributed by atoms with Crippen molar-refractivity contribution in [3.8, 4) is 0 Å². The number of hydrogen-bond donors (Lipinski definition) is 2. The molecule has 1 aliphatic rings. The van der Waals surface area contributed by atoms with Crippen LogP contribution in [0.1, 0.15) is 47.0 Å². The highest BCUT2D eigenvalue weighted by molar-refractivity contribution is 4.87. The molecule has 0 bridgehead atoms. The molecule has 20 heavy (non-hydrogen) atoms. The van der Waals surface area contributed by atoms with Crippen LogP contribution >= 0.6 is 0 Å². The van der Waals surface area contributed by atoms with Crippen LogP contribution in [0.25, 0.3) is 0 Å². The summed E-state index contributed by atoms with van der Waals surface area (Å²) in [7, 11) is 0. The van der Waals surface area contributed by atoms with E-state index in [1.54, 1.807) is 0 Å². The molecule has 0 aliphatic carbocycles. The van der Waals surface area contributed by atoms with Gasteiger partial charge in [0, 0.05) is 24.7 Å². The third kappa shape index (κ3) is 5.32. The van der Waals surface area contributed by atoms with Crippen LogP contribution in [0.2, 0.25) is 0 Å². The van der Waals surface area contributed by atoms with Crippen LogP contribution < -0.4 is 5.32 Å². The molecule has 1 aliphatic heterocycles. The average Bonchev–Trinajstić information content (AvgIpc) is 2.93. The molecule has 2 atom stereocenters. The fraction of sp³-hybridized carbons (Fsp3) is 1.00. The van der Waals surface area contributed by atoms with Gasteiger partial charge in [0.1, 0.15) is 0 Å². The standard InChI is InChI=1S/C16H35N3O/c1-5-10-17-16(4,14-20)9-12-18-11-8-15(13-18)19(6-2)7-3/h15,17,20H,5-14H2,1-4H3. The molecule has 0 aromatic heterocycles. The average molecular weight is 285 g/mol. The number of likely N-dealkylation sites (tertiary alicyclic amines) is 1. The van der Waals surface area contributed by atoms with Gasteiger partial charge in [0.25, 0.3) is 0 Å². The molecule has 0 spiro atoms. The Morgan fingerprint density at radius 2 is 2.00 bits per heavy atom. The molecule has 0 radical (unpaired) electrons. The van der Waals surface area contributed by atoms with Gasteiger partial charge in [-0.1, -0.05) is 20.8 Å². The summed E-state index contributed by atoms with van der Waals surface area (Å²) >= 11 is 0. The van der Waals surface area contributed by atoms with Crippen molar-refractivity contribution in [2.45, 2.75) is 58.5 Å². The Kier molecular flexibility index (Phi) is 8.03. The van der Waals surface area contributed by atoms with Crippen LogP contribution in [0.3, 0.4) is 0 Å². The van der Waals surface area contributed by atoms with Gasteiger partial charge in [-0.05, 0) is 52.4 Å². The number of nitrogens with one attached hydrogen (secondary N) is 1. The minimum absolute atomic E-state index is 0.122. The second kappa shape index (κ2) is 8.98. The van der Waals surface area contributed by atoms with E-state index in [4.69, 9.17) is 0 Å². The molecule has 0 saturated carbocycles. The zero-order valence-electron chi connectivity index (χ0n) is 14.0. The third-order valence-electron chi connectivity index (χ3n) is 4.71. The molecule has 4 heteroatoms. The van der Waals surface area contributed by atoms with E-state index in [2.05, 4.69) is 42.8 Å². The lowest BCUT2D eigenvalue weighted by Crippen LogP contribution is -2.48. The normalized spacial score (nSPS) is 23.4. The summed E-state index contributed by atoms with van der Waals surface area (Å²) in [6.45, 7) is 15.8. The summed E-state index contributed by atoms with van der Waals surface area (Å²) in [4.78, 5) is 5.13. The topological polar surface area (TPSA) is 38.7 Å². The molecule has 2 N–H and O–H groups in total. The van der Waals surface area contributed by atoms with Gasteiger partial charge in [0.2, 0.25) is 0 Å². The third-order valence-corrected chi connectivity index (χ3v) is 4.71. The molecule has 1 saturated heterocycles. The first kappa shape index (κ1) is 17.9. The monoisotopic (exact) mass is 285 g/mol. The van der Waals surface area contributed by atoms with Crippen molar-refractivity contribution in [3.05, 3.63) is 0 Å². The van der Waals surface area contributed by atoms with Crippen molar-refractivity contribution >= 4 is 0 Å². The van der Waals surface area contributed by atoms with Crippen molar-refractivity contribution in [3.63, 3.8) is 0 Å². The number of nitrogens with zero attached hydrogens (tertiary/aromatic N) is 2. The first-order valence-corrected chi connectivity index (χ1v) is 8.40. The van der Waals surface area contributed by atoms with Crippen molar-refractivity contribution in [1.29, 1.82) is 0 Å². The molecule has 2 unspecified atom stereocenters. The van der Waals surface area contributed by atoms with Gasteiger partial charge in [0.05, 0.1) is 6.61 Å². The second-order valence-corrected chi connectivity index (χ2v) is 6.36. The molecular weight excluding hydrogens is 250 g/mol. The summed E-state index contributed by atoms with van der Waals surface area (Å²) in [5.74, 6) is 0. The highest BCUT2D eigenvalue weighted by Gasteiger charge is 2.28. The summed E-state index contributed by atoms with van der Waals surface area (Å²) in [6, 6.07) is 0.731. The lowest BCUT2D eigenvalue weighted by molar-refractivity contribution is 0.147. The van der Waals surface area contributed by atoms with E-state index in [0.29, 0.717) is 0 Å². The molecule has 1 heterocycles. The van der Waals surface area contributed by atoms with Crippen molar-refractivity contribution in [1.82, 2.24) is 15.1 Å². The van der Waals surface area contributed by atoms with E-state index in [1.165, 1.54) is 19.5 Å².